The molecule has 6 nitrogen and oxygen atoms in total. The van der Waals surface area contributed by atoms with E-state index in [4.69, 9.17) is 4.74 Å². The molecular formula is C19H17N3O3S2. The van der Waals surface area contributed by atoms with Crippen LogP contribution in [0.25, 0.3) is 0 Å². The lowest BCUT2D eigenvalue weighted by Gasteiger charge is -2.12. The smallest absolute Gasteiger partial charge is 0.339 e. The highest BCUT2D eigenvalue weighted by Crippen LogP contribution is 2.28. The maximum Gasteiger partial charge on any atom is 0.339 e. The van der Waals surface area contributed by atoms with Crippen LogP contribution in [0, 0.1) is 25.2 Å². The number of rotatable bonds is 6. The molecule has 0 spiro atoms. The van der Waals surface area contributed by atoms with E-state index in [2.05, 4.69) is 11.4 Å². The Labute approximate surface area is 164 Å². The molecule has 3 aromatic heterocycles. The Kier molecular flexibility index (Phi) is 5.74. The van der Waals surface area contributed by atoms with Crippen LogP contribution in [-0.4, -0.2) is 23.1 Å². The molecule has 3 aromatic rings. The molecule has 0 fully saturated rings. The van der Waals surface area contributed by atoms with Crippen molar-refractivity contribution < 1.29 is 14.3 Å². The molecule has 0 radical (unpaired) electrons. The molecule has 1 N–H and O–H groups in total. The normalized spacial score (nSPS) is 10.4. The number of aromatic nitrogens is 1. The minimum atomic E-state index is -0.548. The molecular weight excluding hydrogens is 382 g/mol. The Bertz CT molecular complexity index is 996. The number of carbonyl (C=O) groups is 2. The van der Waals surface area contributed by atoms with E-state index in [1.807, 2.05) is 35.9 Å². The first-order chi connectivity index (χ1) is 13.0. The highest BCUT2D eigenvalue weighted by atomic mass is 32.1. The quantitative estimate of drug-likeness (QED) is 0.636. The van der Waals surface area contributed by atoms with Crippen LogP contribution in [0.15, 0.2) is 34.3 Å². The van der Waals surface area contributed by atoms with Gasteiger partial charge in [-0.25, -0.2) is 4.79 Å². The van der Waals surface area contributed by atoms with E-state index in [-0.39, 0.29) is 0 Å². The van der Waals surface area contributed by atoms with Crippen molar-refractivity contribution in [3.8, 4) is 6.07 Å². The van der Waals surface area contributed by atoms with Crippen LogP contribution in [0.4, 0.5) is 5.82 Å². The SMILES string of the molecule is Cc1c(C#N)c(NC(=O)COC(=O)c2ccsc2)n(Cc2cccs2)c1C. The summed E-state index contributed by atoms with van der Waals surface area (Å²) in [5.41, 5.74) is 2.56. The molecule has 0 aliphatic heterocycles. The minimum absolute atomic E-state index is 0.415. The average molecular weight is 399 g/mol. The molecule has 8 heteroatoms. The van der Waals surface area contributed by atoms with Gasteiger partial charge in [0.25, 0.3) is 5.91 Å². The molecule has 27 heavy (non-hydrogen) atoms. The third-order valence-corrected chi connectivity index (χ3v) is 5.73. The second kappa shape index (κ2) is 8.20. The first-order valence-electron chi connectivity index (χ1n) is 8.12. The summed E-state index contributed by atoms with van der Waals surface area (Å²) >= 11 is 2.98. The van der Waals surface area contributed by atoms with Gasteiger partial charge in [-0.05, 0) is 42.3 Å². The van der Waals surface area contributed by atoms with Crippen LogP contribution < -0.4 is 5.32 Å². The molecule has 0 unspecified atom stereocenters. The molecule has 0 aliphatic rings. The lowest BCUT2D eigenvalue weighted by atomic mass is 10.2. The number of nitrogens with zero attached hydrogens (tertiary/aromatic N) is 2. The topological polar surface area (TPSA) is 84.1 Å². The van der Waals surface area contributed by atoms with Crippen molar-refractivity contribution in [2.75, 3.05) is 11.9 Å². The predicted molar refractivity (Wildman–Crippen MR) is 105 cm³/mol. The van der Waals surface area contributed by atoms with Gasteiger partial charge in [-0.2, -0.15) is 16.6 Å². The Morgan fingerprint density at radius 1 is 1.30 bits per heavy atom. The summed E-state index contributed by atoms with van der Waals surface area (Å²) in [5.74, 6) is -0.606. The van der Waals surface area contributed by atoms with E-state index >= 15 is 0 Å². The van der Waals surface area contributed by atoms with Crippen LogP contribution in [0.3, 0.4) is 0 Å². The van der Waals surface area contributed by atoms with E-state index in [0.29, 0.717) is 23.5 Å². The lowest BCUT2D eigenvalue weighted by Crippen LogP contribution is -2.23. The van der Waals surface area contributed by atoms with Crippen LogP contribution >= 0.6 is 22.7 Å². The zero-order valence-electron chi connectivity index (χ0n) is 14.8. The van der Waals surface area contributed by atoms with Gasteiger partial charge >= 0.3 is 5.97 Å². The van der Waals surface area contributed by atoms with Crippen LogP contribution in [0.2, 0.25) is 0 Å². The standard InChI is InChI=1S/C19H17N3O3S2/c1-12-13(2)22(9-15-4-3-6-27-15)18(16(12)8-20)21-17(23)10-25-19(24)14-5-7-26-11-14/h3-7,11H,9-10H2,1-2H3,(H,21,23). The molecule has 138 valence electrons. The summed E-state index contributed by atoms with van der Waals surface area (Å²) in [4.78, 5) is 25.3. The number of hydrogen-bond acceptors (Lipinski definition) is 6. The Morgan fingerprint density at radius 3 is 2.74 bits per heavy atom. The monoisotopic (exact) mass is 399 g/mol. The second-order valence-corrected chi connectivity index (χ2v) is 7.66. The Hall–Kier alpha value is -2.89. The highest BCUT2D eigenvalue weighted by Gasteiger charge is 2.20. The fraction of sp³-hybridized carbons (Fsp3) is 0.211. The van der Waals surface area contributed by atoms with Gasteiger partial charge < -0.3 is 14.6 Å². The Balaban J connectivity index is 1.76. The molecule has 0 saturated heterocycles. The molecule has 3 heterocycles. The van der Waals surface area contributed by atoms with Crippen molar-refractivity contribution in [3.63, 3.8) is 0 Å². The van der Waals surface area contributed by atoms with E-state index in [9.17, 15) is 14.9 Å². The number of hydrogen-bond donors (Lipinski definition) is 1. The largest absolute Gasteiger partial charge is 0.452 e. The average Bonchev–Trinajstić information content (AvgIpc) is 3.40. The summed E-state index contributed by atoms with van der Waals surface area (Å²) in [6, 6.07) is 7.75. The zero-order valence-corrected chi connectivity index (χ0v) is 16.4. The fourth-order valence-electron chi connectivity index (χ4n) is 2.65. The number of anilines is 1. The van der Waals surface area contributed by atoms with Gasteiger partial charge in [0.1, 0.15) is 11.9 Å². The van der Waals surface area contributed by atoms with E-state index < -0.39 is 18.5 Å². The number of amides is 1. The van der Waals surface area contributed by atoms with Gasteiger partial charge in [0.2, 0.25) is 0 Å². The molecule has 0 atom stereocenters. The molecule has 3 rings (SSSR count). The third-order valence-electron chi connectivity index (χ3n) is 4.18. The fourth-order valence-corrected chi connectivity index (χ4v) is 3.97. The third kappa shape index (κ3) is 4.10. The van der Waals surface area contributed by atoms with Crippen molar-refractivity contribution >= 4 is 40.4 Å². The number of thiophene rings is 2. The molecule has 0 aliphatic carbocycles. The Morgan fingerprint density at radius 2 is 2.11 bits per heavy atom. The number of ether oxygens (including phenoxy) is 1. The predicted octanol–water partition coefficient (Wildman–Crippen LogP) is 3.94. The van der Waals surface area contributed by atoms with Crippen LogP contribution in [0.1, 0.15) is 32.1 Å². The zero-order chi connectivity index (χ0) is 19.4. The van der Waals surface area contributed by atoms with Crippen molar-refractivity contribution in [3.05, 3.63) is 61.6 Å². The summed E-state index contributed by atoms with van der Waals surface area (Å²) < 4.78 is 6.94. The number of nitrogens with one attached hydrogen (secondary N) is 1. The van der Waals surface area contributed by atoms with Crippen molar-refractivity contribution in [1.82, 2.24) is 4.57 Å². The van der Waals surface area contributed by atoms with Crippen LogP contribution in [0.5, 0.6) is 0 Å². The minimum Gasteiger partial charge on any atom is -0.452 e. The number of esters is 1. The maximum atomic E-state index is 12.3. The second-order valence-electron chi connectivity index (χ2n) is 5.85. The van der Waals surface area contributed by atoms with Crippen molar-refractivity contribution in [1.29, 1.82) is 5.26 Å². The van der Waals surface area contributed by atoms with E-state index in [1.165, 1.54) is 11.3 Å². The van der Waals surface area contributed by atoms with Gasteiger partial charge in [-0.1, -0.05) is 6.07 Å². The first-order valence-corrected chi connectivity index (χ1v) is 9.94. The molecule has 1 amide bonds. The maximum absolute atomic E-state index is 12.3. The van der Waals surface area contributed by atoms with E-state index in [0.717, 1.165) is 16.1 Å². The summed E-state index contributed by atoms with van der Waals surface area (Å²) in [6.45, 7) is 3.90. The van der Waals surface area contributed by atoms with E-state index in [1.54, 1.807) is 28.2 Å². The van der Waals surface area contributed by atoms with Gasteiger partial charge in [-0.3, -0.25) is 4.79 Å². The first kappa shape index (κ1) is 18.9. The van der Waals surface area contributed by atoms with Crippen LogP contribution in [-0.2, 0) is 16.1 Å². The highest BCUT2D eigenvalue weighted by molar-refractivity contribution is 7.09. The lowest BCUT2D eigenvalue weighted by molar-refractivity contribution is -0.119. The molecule has 0 saturated carbocycles. The van der Waals surface area contributed by atoms with Crippen molar-refractivity contribution in [2.24, 2.45) is 0 Å². The summed E-state index contributed by atoms with van der Waals surface area (Å²) in [5, 5.41) is 17.7. The summed E-state index contributed by atoms with van der Waals surface area (Å²) in [6.07, 6.45) is 0. The molecule has 0 bridgehead atoms. The van der Waals surface area contributed by atoms with Gasteiger partial charge in [0.05, 0.1) is 17.7 Å². The molecule has 0 aromatic carbocycles. The number of nitriles is 1. The van der Waals surface area contributed by atoms with Gasteiger partial charge in [-0.15, -0.1) is 11.3 Å². The van der Waals surface area contributed by atoms with Gasteiger partial charge in [0.15, 0.2) is 6.61 Å². The summed E-state index contributed by atoms with van der Waals surface area (Å²) in [7, 11) is 0. The number of carbonyl (C=O) groups excluding carboxylic acids is 2. The van der Waals surface area contributed by atoms with Gasteiger partial charge in [0, 0.05) is 16.0 Å². The van der Waals surface area contributed by atoms with Crippen molar-refractivity contribution in [2.45, 2.75) is 20.4 Å².